The van der Waals surface area contributed by atoms with Crippen LogP contribution in [0, 0.1) is 11.7 Å². The lowest BCUT2D eigenvalue weighted by Gasteiger charge is -2.36. The maximum absolute atomic E-state index is 15.2. The van der Waals surface area contributed by atoms with Crippen molar-refractivity contribution in [3.63, 3.8) is 0 Å². The first kappa shape index (κ1) is 18.7. The monoisotopic (exact) mass is 383 g/mol. The lowest BCUT2D eigenvalue weighted by Crippen LogP contribution is -2.47. The second-order valence-electron chi connectivity index (χ2n) is 8.16. The largest absolute Gasteiger partial charge is 0.366 e. The molecule has 2 N–H and O–H groups in total. The van der Waals surface area contributed by atoms with Crippen molar-refractivity contribution in [1.82, 2.24) is 4.90 Å². The molecule has 4 rings (SSSR count). The summed E-state index contributed by atoms with van der Waals surface area (Å²) >= 11 is 0. The number of hydrogen-bond donors (Lipinski definition) is 1. The highest BCUT2D eigenvalue weighted by molar-refractivity contribution is 5.99. The van der Waals surface area contributed by atoms with Gasteiger partial charge in [-0.3, -0.25) is 9.59 Å². The number of allylic oxidation sites excluding steroid dienone is 2. The van der Waals surface area contributed by atoms with Crippen LogP contribution in [0.5, 0.6) is 0 Å². The Morgan fingerprint density at radius 2 is 2.07 bits per heavy atom. The number of halogens is 1. The van der Waals surface area contributed by atoms with Crippen molar-refractivity contribution in [3.05, 3.63) is 46.8 Å². The highest BCUT2D eigenvalue weighted by atomic mass is 19.1. The van der Waals surface area contributed by atoms with Gasteiger partial charge in [0.2, 0.25) is 11.8 Å². The molecule has 1 aromatic carbocycles. The van der Waals surface area contributed by atoms with Gasteiger partial charge in [0.25, 0.3) is 0 Å². The van der Waals surface area contributed by atoms with Crippen molar-refractivity contribution in [2.24, 2.45) is 11.7 Å². The molecular formula is C22H26FN3O2. The normalized spacial score (nSPS) is 23.7. The minimum Gasteiger partial charge on any atom is -0.366 e. The van der Waals surface area contributed by atoms with Crippen LogP contribution >= 0.6 is 0 Å². The summed E-state index contributed by atoms with van der Waals surface area (Å²) in [5.74, 6) is -0.752. The van der Waals surface area contributed by atoms with Gasteiger partial charge in [-0.2, -0.15) is 0 Å². The summed E-state index contributed by atoms with van der Waals surface area (Å²) < 4.78 is 15.2. The zero-order valence-electron chi connectivity index (χ0n) is 16.4. The molecule has 2 fully saturated rings. The predicted octanol–water partition coefficient (Wildman–Crippen LogP) is 2.89. The summed E-state index contributed by atoms with van der Waals surface area (Å²) in [5, 5.41) is 0. The third-order valence-corrected chi connectivity index (χ3v) is 6.64. The van der Waals surface area contributed by atoms with Crippen LogP contribution in [0.4, 0.5) is 10.1 Å². The molecule has 3 aliphatic rings. The van der Waals surface area contributed by atoms with Crippen LogP contribution < -0.4 is 10.6 Å². The number of amides is 2. The summed E-state index contributed by atoms with van der Waals surface area (Å²) in [4.78, 5) is 28.1. The number of fused-ring (bicyclic) bond motifs is 2. The molecule has 1 aliphatic carbocycles. The van der Waals surface area contributed by atoms with E-state index in [1.54, 1.807) is 0 Å². The molecule has 28 heavy (non-hydrogen) atoms. The second-order valence-corrected chi connectivity index (χ2v) is 8.16. The van der Waals surface area contributed by atoms with Crippen LogP contribution in [0.3, 0.4) is 0 Å². The molecule has 0 aromatic heterocycles. The molecule has 1 aromatic rings. The lowest BCUT2D eigenvalue weighted by molar-refractivity contribution is -0.130. The first-order chi connectivity index (χ1) is 13.3. The number of anilines is 1. The van der Waals surface area contributed by atoms with Gasteiger partial charge in [-0.15, -0.1) is 0 Å². The summed E-state index contributed by atoms with van der Waals surface area (Å²) in [7, 11) is 0. The van der Waals surface area contributed by atoms with Gasteiger partial charge in [0, 0.05) is 30.8 Å². The Hall–Kier alpha value is -2.63. The van der Waals surface area contributed by atoms with Crippen LogP contribution in [-0.4, -0.2) is 42.4 Å². The van der Waals surface area contributed by atoms with Crippen molar-refractivity contribution in [2.45, 2.75) is 39.2 Å². The minimum atomic E-state index is -0.595. The van der Waals surface area contributed by atoms with E-state index in [0.29, 0.717) is 31.1 Å². The molecule has 148 valence electrons. The van der Waals surface area contributed by atoms with Crippen LogP contribution in [0.15, 0.2) is 24.3 Å². The lowest BCUT2D eigenvalue weighted by atomic mass is 9.92. The van der Waals surface area contributed by atoms with Gasteiger partial charge in [0.15, 0.2) is 0 Å². The molecule has 2 unspecified atom stereocenters. The number of likely N-dealkylation sites (tertiary alicyclic amines) is 1. The van der Waals surface area contributed by atoms with E-state index in [0.717, 1.165) is 41.7 Å². The SMILES string of the molecule is C=CC(=O)N1CCCC2CN(c3c(F)cc(C(N)=O)c4c3C(C)=C(C)C4)CC21. The summed E-state index contributed by atoms with van der Waals surface area (Å²) in [6.07, 6.45) is 3.96. The number of piperidine rings is 1. The maximum Gasteiger partial charge on any atom is 0.249 e. The highest BCUT2D eigenvalue weighted by Gasteiger charge is 2.42. The summed E-state index contributed by atoms with van der Waals surface area (Å²) in [6, 6.07) is 1.36. The standard InChI is InChI=1S/C22H26FN3O2/c1-4-19(27)26-7-5-6-14-10-25(11-18(14)26)21-17(23)9-16(22(24)28)15-8-12(2)13(3)20(15)21/h4,9,14,18H,1,5-8,10-11H2,2-3H3,(H2,24,28). The average molecular weight is 383 g/mol. The van der Waals surface area contributed by atoms with Gasteiger partial charge < -0.3 is 15.5 Å². The Bertz CT molecular complexity index is 921. The van der Waals surface area contributed by atoms with E-state index < -0.39 is 11.7 Å². The number of hydrogen-bond acceptors (Lipinski definition) is 3. The van der Waals surface area contributed by atoms with Crippen molar-refractivity contribution < 1.29 is 14.0 Å². The van der Waals surface area contributed by atoms with E-state index >= 15 is 4.39 Å². The number of carbonyl (C=O) groups excluding carboxylic acids is 2. The van der Waals surface area contributed by atoms with E-state index in [-0.39, 0.29) is 17.5 Å². The molecule has 0 saturated carbocycles. The maximum atomic E-state index is 15.2. The fourth-order valence-electron chi connectivity index (χ4n) is 5.16. The van der Waals surface area contributed by atoms with Crippen LogP contribution in [0.1, 0.15) is 48.2 Å². The Morgan fingerprint density at radius 3 is 2.75 bits per heavy atom. The van der Waals surface area contributed by atoms with Crippen molar-refractivity contribution >= 4 is 23.1 Å². The Morgan fingerprint density at radius 1 is 1.32 bits per heavy atom. The van der Waals surface area contributed by atoms with E-state index in [2.05, 4.69) is 11.5 Å². The molecule has 0 radical (unpaired) electrons. The molecule has 2 heterocycles. The molecule has 2 saturated heterocycles. The highest BCUT2D eigenvalue weighted by Crippen LogP contribution is 2.44. The number of nitrogens with zero attached hydrogens (tertiary/aromatic N) is 2. The Labute approximate surface area is 164 Å². The van der Waals surface area contributed by atoms with E-state index in [9.17, 15) is 9.59 Å². The van der Waals surface area contributed by atoms with E-state index in [1.165, 1.54) is 12.1 Å². The van der Waals surface area contributed by atoms with E-state index in [4.69, 9.17) is 5.73 Å². The minimum absolute atomic E-state index is 0.0572. The van der Waals surface area contributed by atoms with Gasteiger partial charge in [-0.25, -0.2) is 4.39 Å². The molecule has 0 bridgehead atoms. The zero-order valence-corrected chi connectivity index (χ0v) is 16.4. The molecule has 2 aliphatic heterocycles. The molecule has 0 spiro atoms. The van der Waals surface area contributed by atoms with Crippen LogP contribution in [0.25, 0.3) is 5.57 Å². The first-order valence-electron chi connectivity index (χ1n) is 9.83. The number of benzene rings is 1. The van der Waals surface area contributed by atoms with Gasteiger partial charge in [0.05, 0.1) is 11.7 Å². The molecule has 2 atom stereocenters. The predicted molar refractivity (Wildman–Crippen MR) is 108 cm³/mol. The first-order valence-corrected chi connectivity index (χ1v) is 9.83. The molecule has 5 nitrogen and oxygen atoms in total. The fraction of sp³-hybridized carbons (Fsp3) is 0.455. The Kier molecular flexibility index (Phi) is 4.52. The van der Waals surface area contributed by atoms with Gasteiger partial charge in [-0.1, -0.05) is 12.2 Å². The Balaban J connectivity index is 1.77. The number of rotatable bonds is 3. The summed E-state index contributed by atoms with van der Waals surface area (Å²) in [5.41, 5.74) is 10.1. The van der Waals surface area contributed by atoms with Gasteiger partial charge >= 0.3 is 0 Å². The third-order valence-electron chi connectivity index (χ3n) is 6.64. The second kappa shape index (κ2) is 6.76. The fourth-order valence-corrected chi connectivity index (χ4v) is 5.16. The smallest absolute Gasteiger partial charge is 0.249 e. The number of nitrogens with two attached hydrogens (primary N) is 1. The van der Waals surface area contributed by atoms with Crippen LogP contribution in [0.2, 0.25) is 0 Å². The summed E-state index contributed by atoms with van der Waals surface area (Å²) in [6.45, 7) is 9.63. The third kappa shape index (κ3) is 2.74. The van der Waals surface area contributed by atoms with Crippen molar-refractivity contribution in [1.29, 1.82) is 0 Å². The molecule has 6 heteroatoms. The van der Waals surface area contributed by atoms with Crippen molar-refractivity contribution in [3.8, 4) is 0 Å². The molecular weight excluding hydrogens is 357 g/mol. The average Bonchev–Trinajstić information content (AvgIpc) is 3.22. The van der Waals surface area contributed by atoms with Gasteiger partial charge in [-0.05, 0) is 62.3 Å². The van der Waals surface area contributed by atoms with Crippen LogP contribution in [-0.2, 0) is 11.2 Å². The van der Waals surface area contributed by atoms with Gasteiger partial charge in [0.1, 0.15) is 5.82 Å². The van der Waals surface area contributed by atoms with Crippen molar-refractivity contribution in [2.75, 3.05) is 24.5 Å². The zero-order chi connectivity index (χ0) is 20.2. The number of primary amides is 1. The molecule has 2 amide bonds. The number of carbonyl (C=O) groups is 2. The quantitative estimate of drug-likeness (QED) is 0.816. The topological polar surface area (TPSA) is 66.6 Å². The van der Waals surface area contributed by atoms with E-state index in [1.807, 2.05) is 18.7 Å².